The zero-order valence-corrected chi connectivity index (χ0v) is 51.0. The molecule has 3 aromatic heterocycles. The first kappa shape index (κ1) is 62.3. The number of aryl methyl sites for hydroxylation is 3. The van der Waals surface area contributed by atoms with Crippen LogP contribution in [-0.4, -0.2) is 48.7 Å². The van der Waals surface area contributed by atoms with Crippen molar-refractivity contribution >= 4 is 100 Å². The molecule has 438 valence electrons. The molecule has 0 N–H and O–H groups in total. The van der Waals surface area contributed by atoms with Crippen LogP contribution in [0.2, 0.25) is 0 Å². The first-order valence-corrected chi connectivity index (χ1v) is 31.8. The largest absolute Gasteiger partial charge is 0.340 e. The van der Waals surface area contributed by atoms with Crippen molar-refractivity contribution in [2.45, 2.75) is 255 Å². The second kappa shape index (κ2) is 31.8. The number of aromatic nitrogens is 3. The van der Waals surface area contributed by atoms with Crippen molar-refractivity contribution in [2.24, 2.45) is 15.5 Å². The fraction of sp³-hybridized carbons (Fsp3) is 0.565. The molecule has 0 saturated heterocycles. The number of rotatable bonds is 36. The van der Waals surface area contributed by atoms with Crippen LogP contribution in [0, 0.1) is 0 Å². The van der Waals surface area contributed by atoms with Crippen LogP contribution < -0.4 is 0 Å². The number of carbonyl (C=O) groups is 3. The average molecular weight is 1110 g/mol. The normalized spacial score (nSPS) is 12.6. The Hall–Kier alpha value is -6.30. The number of hydrogen-bond acceptors (Lipinski definition) is 9. The van der Waals surface area contributed by atoms with Gasteiger partial charge < -0.3 is 28.2 Å². The summed E-state index contributed by atoms with van der Waals surface area (Å²) in [5, 5.41) is 20.8. The lowest BCUT2D eigenvalue weighted by atomic mass is 9.97. The van der Waals surface area contributed by atoms with Crippen LogP contribution in [-0.2, 0) is 48.5 Å². The summed E-state index contributed by atoms with van der Waals surface area (Å²) in [6, 6.07) is 20.5. The van der Waals surface area contributed by atoms with E-state index in [0.29, 0.717) is 19.3 Å². The van der Waals surface area contributed by atoms with Gasteiger partial charge in [-0.2, -0.15) is 0 Å². The number of nitrogens with zero attached hydrogens (tertiary/aromatic N) is 6. The summed E-state index contributed by atoms with van der Waals surface area (Å²) in [5.74, 6) is -1.30. The SMILES string of the molecule is CCCCCC/C(=N\OC(C)=O)c1ccc2c(c1)c1c(c3c4cc(/C(CCCCCC)=N/OC(C)=O)ccc4n(CCCCCC)c3c3c4cc(/C(CCCCCC)=N/OC(C)=O)ccc4n(CCCCCC)c13)n2CCCCCC. The summed E-state index contributed by atoms with van der Waals surface area (Å²) in [6.45, 7) is 20.2. The minimum atomic E-state index is -0.434. The summed E-state index contributed by atoms with van der Waals surface area (Å²) in [6.07, 6.45) is 28.1. The molecule has 4 aromatic carbocycles. The predicted molar refractivity (Wildman–Crippen MR) is 339 cm³/mol. The summed E-state index contributed by atoms with van der Waals surface area (Å²) in [4.78, 5) is 53.8. The Morgan fingerprint density at radius 1 is 0.346 bits per heavy atom. The third-order valence-corrected chi connectivity index (χ3v) is 16.3. The quantitative estimate of drug-likeness (QED) is 0.0166. The molecule has 0 aliphatic heterocycles. The van der Waals surface area contributed by atoms with Crippen molar-refractivity contribution in [2.75, 3.05) is 0 Å². The van der Waals surface area contributed by atoms with Crippen LogP contribution in [0.25, 0.3) is 65.4 Å². The molecule has 0 spiro atoms. The van der Waals surface area contributed by atoms with Crippen molar-refractivity contribution in [1.29, 1.82) is 0 Å². The maximum Gasteiger partial charge on any atom is 0.331 e. The number of unbranched alkanes of at least 4 members (excludes halogenated alkanes) is 18. The zero-order valence-electron chi connectivity index (χ0n) is 51.0. The van der Waals surface area contributed by atoms with Gasteiger partial charge in [-0.05, 0) is 94.2 Å². The van der Waals surface area contributed by atoms with E-state index < -0.39 is 17.9 Å². The van der Waals surface area contributed by atoms with Gasteiger partial charge in [0.25, 0.3) is 0 Å². The topological polar surface area (TPSA) is 131 Å². The molecule has 0 radical (unpaired) electrons. The number of benzene rings is 4. The highest BCUT2D eigenvalue weighted by molar-refractivity contribution is 6.40. The van der Waals surface area contributed by atoms with Crippen LogP contribution in [0.3, 0.4) is 0 Å². The van der Waals surface area contributed by atoms with Crippen LogP contribution in [0.1, 0.15) is 252 Å². The molecule has 0 fully saturated rings. The first-order chi connectivity index (χ1) is 39.5. The molecule has 7 rings (SSSR count). The third-order valence-electron chi connectivity index (χ3n) is 16.3. The lowest BCUT2D eigenvalue weighted by Crippen LogP contribution is -2.05. The van der Waals surface area contributed by atoms with E-state index in [4.69, 9.17) is 14.5 Å². The van der Waals surface area contributed by atoms with E-state index in [-0.39, 0.29) is 0 Å². The lowest BCUT2D eigenvalue weighted by molar-refractivity contribution is -0.141. The van der Waals surface area contributed by atoms with E-state index >= 15 is 0 Å². The fourth-order valence-corrected chi connectivity index (χ4v) is 12.1. The molecule has 0 amide bonds. The maximum atomic E-state index is 12.4. The van der Waals surface area contributed by atoms with Gasteiger partial charge in [-0.25, -0.2) is 14.4 Å². The molecule has 12 heteroatoms. The van der Waals surface area contributed by atoms with Gasteiger partial charge in [0.1, 0.15) is 0 Å². The number of hydrogen-bond donors (Lipinski definition) is 0. The first-order valence-electron chi connectivity index (χ1n) is 31.8. The van der Waals surface area contributed by atoms with E-state index in [9.17, 15) is 14.4 Å². The van der Waals surface area contributed by atoms with Crippen molar-refractivity contribution in [3.63, 3.8) is 0 Å². The van der Waals surface area contributed by atoms with Gasteiger partial charge in [0.15, 0.2) is 0 Å². The molecule has 0 saturated carbocycles. The molecule has 0 unspecified atom stereocenters. The summed E-state index contributed by atoms with van der Waals surface area (Å²) in [7, 11) is 0. The van der Waals surface area contributed by atoms with Gasteiger partial charge in [0.2, 0.25) is 0 Å². The summed E-state index contributed by atoms with van der Waals surface area (Å²) < 4.78 is 7.90. The second-order valence-electron chi connectivity index (χ2n) is 22.8. The molecule has 81 heavy (non-hydrogen) atoms. The van der Waals surface area contributed by atoms with Crippen LogP contribution in [0.5, 0.6) is 0 Å². The highest BCUT2D eigenvalue weighted by Crippen LogP contribution is 2.49. The van der Waals surface area contributed by atoms with Gasteiger partial charge >= 0.3 is 17.9 Å². The van der Waals surface area contributed by atoms with Crippen molar-refractivity contribution in [3.8, 4) is 0 Å². The Bertz CT molecular complexity index is 2950. The Balaban J connectivity index is 1.74. The molecule has 0 bridgehead atoms. The van der Waals surface area contributed by atoms with E-state index in [1.807, 2.05) is 0 Å². The third kappa shape index (κ3) is 15.6. The van der Waals surface area contributed by atoms with Crippen molar-refractivity contribution in [1.82, 2.24) is 13.7 Å². The number of carbonyl (C=O) groups excluding carboxylic acids is 3. The lowest BCUT2D eigenvalue weighted by Gasteiger charge is -2.13. The molecule has 0 aliphatic carbocycles. The second-order valence-corrected chi connectivity index (χ2v) is 22.8. The van der Waals surface area contributed by atoms with Crippen molar-refractivity contribution < 1.29 is 28.9 Å². The minimum absolute atomic E-state index is 0.434. The molecular weight excluding hydrogens is 1010 g/mol. The highest BCUT2D eigenvalue weighted by atomic mass is 16.7. The van der Waals surface area contributed by atoms with E-state index in [0.717, 1.165) is 240 Å². The molecule has 12 nitrogen and oxygen atoms in total. The smallest absolute Gasteiger partial charge is 0.331 e. The Morgan fingerprint density at radius 3 is 0.827 bits per heavy atom. The Labute approximate surface area is 483 Å². The fourth-order valence-electron chi connectivity index (χ4n) is 12.1. The van der Waals surface area contributed by atoms with E-state index in [1.54, 1.807) is 0 Å². The van der Waals surface area contributed by atoms with E-state index in [1.165, 1.54) is 53.5 Å². The Kier molecular flexibility index (Phi) is 24.4. The molecule has 0 atom stereocenters. The van der Waals surface area contributed by atoms with Gasteiger partial charge in [-0.15, -0.1) is 0 Å². The zero-order chi connectivity index (χ0) is 57.7. The Morgan fingerprint density at radius 2 is 0.593 bits per heavy atom. The molecule has 7 aromatic rings. The molecule has 0 aliphatic rings. The average Bonchev–Trinajstić information content (AvgIpc) is 2.02. The summed E-state index contributed by atoms with van der Waals surface area (Å²) >= 11 is 0. The van der Waals surface area contributed by atoms with Gasteiger partial charge in [-0.3, -0.25) is 0 Å². The van der Waals surface area contributed by atoms with Crippen LogP contribution in [0.15, 0.2) is 70.1 Å². The van der Waals surface area contributed by atoms with Gasteiger partial charge in [0.05, 0.1) is 33.7 Å². The van der Waals surface area contributed by atoms with Crippen molar-refractivity contribution in [3.05, 3.63) is 71.3 Å². The number of oxime groups is 3. The highest BCUT2D eigenvalue weighted by Gasteiger charge is 2.29. The summed E-state index contributed by atoms with van der Waals surface area (Å²) in [5.41, 5.74) is 12.3. The predicted octanol–water partition coefficient (Wildman–Crippen LogP) is 19.5. The van der Waals surface area contributed by atoms with Crippen LogP contribution in [0.4, 0.5) is 0 Å². The monoisotopic (exact) mass is 1100 g/mol. The molecular formula is C69H96N6O6. The number of fused-ring (bicyclic) bond motifs is 12. The van der Waals surface area contributed by atoms with E-state index in [2.05, 4.69) is 125 Å². The van der Waals surface area contributed by atoms with Gasteiger partial charge in [-0.1, -0.05) is 191 Å². The standard InChI is InChI=1S/C69H96N6O6/c1-10-16-22-28-34-58(70-79-49(7)76)52-37-40-61-55(46-52)64-67(73(61)43-31-25-19-13-4)65-57-48-54(60(72-81-51(9)78)36-30-24-18-12-3)39-42-63(57)75(45-33-27-21-15-6)69(65)66-56-47-53(59(71-80-50(8)77)35-29-23-17-11-2)38-41-62(56)74(68(64)66)44-32-26-20-14-5/h37-42,46-48H,10-36,43-45H2,1-9H3/b70-58+,71-59+,72-60+. The van der Waals surface area contributed by atoms with Gasteiger partial charge in [0, 0.05) is 106 Å². The van der Waals surface area contributed by atoms with Crippen LogP contribution >= 0.6 is 0 Å². The minimum Gasteiger partial charge on any atom is -0.340 e. The molecule has 3 heterocycles. The maximum absolute atomic E-state index is 12.4.